The molecule has 0 saturated carbocycles. The Kier molecular flexibility index (Phi) is 5.66. The van der Waals surface area contributed by atoms with Crippen molar-refractivity contribution >= 4 is 17.3 Å². The van der Waals surface area contributed by atoms with Gasteiger partial charge in [0, 0.05) is 12.2 Å². The second kappa shape index (κ2) is 7.48. The highest BCUT2D eigenvalue weighted by molar-refractivity contribution is 6.21. The molecule has 0 aliphatic heterocycles. The molecule has 0 aliphatic rings. The highest BCUT2D eigenvalue weighted by atomic mass is 35.5. The van der Waals surface area contributed by atoms with Crippen molar-refractivity contribution in [2.45, 2.75) is 39.0 Å². The van der Waals surface area contributed by atoms with Crippen molar-refractivity contribution in [2.24, 2.45) is 0 Å². The van der Waals surface area contributed by atoms with Crippen molar-refractivity contribution in [1.29, 1.82) is 0 Å². The third-order valence-electron chi connectivity index (χ3n) is 3.70. The minimum Gasteiger partial charge on any atom is -0.340 e. The van der Waals surface area contributed by atoms with Crippen LogP contribution in [0.25, 0.3) is 0 Å². The average Bonchev–Trinajstić information content (AvgIpc) is 2.47. The minimum atomic E-state index is -0.0771. The maximum Gasteiger partial charge on any atom is 0.102 e. The van der Waals surface area contributed by atoms with Gasteiger partial charge < -0.3 is 4.90 Å². The highest BCUT2D eigenvalue weighted by Crippen LogP contribution is 2.21. The lowest BCUT2D eigenvalue weighted by Crippen LogP contribution is -2.46. The van der Waals surface area contributed by atoms with Crippen LogP contribution >= 0.6 is 11.6 Å². The number of aryl methyl sites for hydroxylation is 1. The fraction of sp³-hybridized carbons (Fsp3) is 0.333. The van der Waals surface area contributed by atoms with E-state index in [9.17, 15) is 0 Å². The van der Waals surface area contributed by atoms with Crippen LogP contribution in [0.15, 0.2) is 54.6 Å². The van der Waals surface area contributed by atoms with Gasteiger partial charge in [-0.1, -0.05) is 54.1 Å². The van der Waals surface area contributed by atoms with Gasteiger partial charge in [-0.05, 0) is 44.0 Å². The Hall–Kier alpha value is -1.51. The Labute approximate surface area is 132 Å². The van der Waals surface area contributed by atoms with Crippen LogP contribution in [-0.2, 0) is 6.54 Å². The molecule has 0 radical (unpaired) electrons. The van der Waals surface area contributed by atoms with Crippen molar-refractivity contribution in [3.05, 3.63) is 65.7 Å². The lowest BCUT2D eigenvalue weighted by atomic mass is 10.1. The molecule has 2 nitrogen and oxygen atoms in total. The fourth-order valence-electron chi connectivity index (χ4n) is 2.50. The van der Waals surface area contributed by atoms with Crippen molar-refractivity contribution in [3.63, 3.8) is 0 Å². The fourth-order valence-corrected chi connectivity index (χ4v) is 2.78. The molecule has 0 heterocycles. The van der Waals surface area contributed by atoms with E-state index in [0.717, 1.165) is 12.2 Å². The van der Waals surface area contributed by atoms with Crippen molar-refractivity contribution < 1.29 is 0 Å². The molecule has 1 N–H and O–H groups in total. The largest absolute Gasteiger partial charge is 0.340 e. The molecule has 112 valence electrons. The average molecular weight is 303 g/mol. The summed E-state index contributed by atoms with van der Waals surface area (Å²) in [7, 11) is 0. The Balaban J connectivity index is 2.06. The predicted molar refractivity (Wildman–Crippen MR) is 91.7 cm³/mol. The molecule has 0 fully saturated rings. The van der Waals surface area contributed by atoms with Crippen LogP contribution in [0.2, 0.25) is 0 Å². The number of nitrogens with one attached hydrogen (secondary N) is 1. The minimum absolute atomic E-state index is 0.0771. The summed E-state index contributed by atoms with van der Waals surface area (Å²) in [6.07, 6.45) is 0.152. The first-order chi connectivity index (χ1) is 10.1. The molecule has 2 aromatic rings. The first kappa shape index (κ1) is 15.9. The van der Waals surface area contributed by atoms with E-state index in [1.165, 1.54) is 11.1 Å². The number of benzene rings is 2. The molecule has 0 aliphatic carbocycles. The molecule has 3 heteroatoms. The zero-order valence-electron chi connectivity index (χ0n) is 12.9. The molecular formula is C18H23ClN2. The molecule has 0 saturated heterocycles. The summed E-state index contributed by atoms with van der Waals surface area (Å²) in [5, 5.41) is 3.56. The lowest BCUT2D eigenvalue weighted by molar-refractivity contribution is 0.508. The third-order valence-corrected chi connectivity index (χ3v) is 3.91. The van der Waals surface area contributed by atoms with Crippen LogP contribution in [-0.4, -0.2) is 11.7 Å². The van der Waals surface area contributed by atoms with E-state index in [0.29, 0.717) is 0 Å². The Morgan fingerprint density at radius 1 is 1.00 bits per heavy atom. The number of alkyl halides is 1. The van der Waals surface area contributed by atoms with E-state index >= 15 is 0 Å². The molecule has 2 rings (SSSR count). The summed E-state index contributed by atoms with van der Waals surface area (Å²) in [5.41, 5.74) is 3.68. The van der Waals surface area contributed by atoms with Crippen molar-refractivity contribution in [3.8, 4) is 0 Å². The molecule has 21 heavy (non-hydrogen) atoms. The number of para-hydroxylation sites is 1. The topological polar surface area (TPSA) is 15.3 Å². The zero-order chi connectivity index (χ0) is 15.2. The Morgan fingerprint density at radius 3 is 2.24 bits per heavy atom. The van der Waals surface area contributed by atoms with Crippen LogP contribution in [0, 0.1) is 6.92 Å². The maximum absolute atomic E-state index is 6.37. The third kappa shape index (κ3) is 4.23. The maximum atomic E-state index is 6.37. The van der Waals surface area contributed by atoms with Gasteiger partial charge >= 0.3 is 0 Å². The van der Waals surface area contributed by atoms with Gasteiger partial charge in [-0.25, -0.2) is 0 Å². The summed E-state index contributed by atoms with van der Waals surface area (Å²) < 4.78 is 0. The van der Waals surface area contributed by atoms with Gasteiger partial charge in [0.1, 0.15) is 5.50 Å². The number of nitrogens with zero attached hydrogens (tertiary/aromatic N) is 1. The smallest absolute Gasteiger partial charge is 0.102 e. The summed E-state index contributed by atoms with van der Waals surface area (Å²) in [4.78, 5) is 2.18. The number of rotatable bonds is 6. The van der Waals surface area contributed by atoms with E-state index in [-0.39, 0.29) is 11.7 Å². The number of anilines is 1. The summed E-state index contributed by atoms with van der Waals surface area (Å²) >= 11 is 6.37. The van der Waals surface area contributed by atoms with Crippen molar-refractivity contribution in [2.75, 3.05) is 4.90 Å². The standard InChI is InChI=1S/C18H23ClN2/c1-14-9-7-8-10-17(14)13-20-16(3)21(15(2)19)18-11-5-4-6-12-18/h4-12,15-16,20H,13H2,1-3H3. The summed E-state index contributed by atoms with van der Waals surface area (Å²) in [6, 6.07) is 18.7. The van der Waals surface area contributed by atoms with Gasteiger partial charge in [0.2, 0.25) is 0 Å². The number of halogens is 1. The molecule has 0 amide bonds. The molecule has 0 aromatic heterocycles. The summed E-state index contributed by atoms with van der Waals surface area (Å²) in [6.45, 7) is 7.12. The lowest BCUT2D eigenvalue weighted by Gasteiger charge is -2.34. The van der Waals surface area contributed by atoms with Crippen molar-refractivity contribution in [1.82, 2.24) is 5.32 Å². The van der Waals surface area contributed by atoms with Crippen LogP contribution < -0.4 is 10.2 Å². The SMILES string of the molecule is Cc1ccccc1CNC(C)N(c1ccccc1)C(C)Cl. The van der Waals surface area contributed by atoms with Gasteiger partial charge in [0.25, 0.3) is 0 Å². The van der Waals surface area contributed by atoms with Gasteiger partial charge in [0.15, 0.2) is 0 Å². The van der Waals surface area contributed by atoms with Gasteiger partial charge in [0.05, 0.1) is 6.17 Å². The Morgan fingerprint density at radius 2 is 1.62 bits per heavy atom. The molecule has 2 unspecified atom stereocenters. The van der Waals surface area contributed by atoms with Gasteiger partial charge in [-0.2, -0.15) is 0 Å². The molecule has 0 bridgehead atoms. The van der Waals surface area contributed by atoms with E-state index < -0.39 is 0 Å². The van der Waals surface area contributed by atoms with E-state index in [4.69, 9.17) is 11.6 Å². The summed E-state index contributed by atoms with van der Waals surface area (Å²) in [5.74, 6) is 0. The second-order valence-corrected chi connectivity index (χ2v) is 5.93. The molecule has 2 atom stereocenters. The van der Waals surface area contributed by atoms with Crippen LogP contribution in [0.5, 0.6) is 0 Å². The van der Waals surface area contributed by atoms with Crippen LogP contribution in [0.3, 0.4) is 0 Å². The van der Waals surface area contributed by atoms with E-state index in [1.807, 2.05) is 25.1 Å². The van der Waals surface area contributed by atoms with Crippen LogP contribution in [0.4, 0.5) is 5.69 Å². The molecule has 0 spiro atoms. The molecular weight excluding hydrogens is 280 g/mol. The van der Waals surface area contributed by atoms with Gasteiger partial charge in [-0.3, -0.25) is 5.32 Å². The highest BCUT2D eigenvalue weighted by Gasteiger charge is 2.18. The predicted octanol–water partition coefficient (Wildman–Crippen LogP) is 4.52. The first-order valence-corrected chi connectivity index (χ1v) is 7.78. The van der Waals surface area contributed by atoms with E-state index in [1.54, 1.807) is 0 Å². The zero-order valence-corrected chi connectivity index (χ0v) is 13.6. The normalized spacial score (nSPS) is 13.7. The quantitative estimate of drug-likeness (QED) is 0.479. The van der Waals surface area contributed by atoms with Crippen LogP contribution in [0.1, 0.15) is 25.0 Å². The van der Waals surface area contributed by atoms with Gasteiger partial charge in [-0.15, -0.1) is 0 Å². The first-order valence-electron chi connectivity index (χ1n) is 7.35. The molecule has 2 aromatic carbocycles. The Bertz CT molecular complexity index is 554. The number of hydrogen-bond acceptors (Lipinski definition) is 2. The number of hydrogen-bond donors (Lipinski definition) is 1. The monoisotopic (exact) mass is 302 g/mol. The van der Waals surface area contributed by atoms with E-state index in [2.05, 4.69) is 60.5 Å². The second-order valence-electron chi connectivity index (χ2n) is 5.30.